The van der Waals surface area contributed by atoms with E-state index < -0.39 is 5.91 Å². The summed E-state index contributed by atoms with van der Waals surface area (Å²) in [5.74, 6) is -0.446. The molecule has 0 fully saturated rings. The second-order valence-corrected chi connectivity index (χ2v) is 7.07. The van der Waals surface area contributed by atoms with Crippen molar-refractivity contribution in [3.8, 4) is 17.3 Å². The van der Waals surface area contributed by atoms with Gasteiger partial charge in [0.15, 0.2) is 5.13 Å². The molecular weight excluding hydrogens is 350 g/mol. The SMILES string of the molecule is CCc1ccc(-c2csc(NC(=O)/C(C#N)=C/c3cccs3)n2)cc1. The number of hydrogen-bond acceptors (Lipinski definition) is 5. The number of nitrogens with zero attached hydrogens (tertiary/aromatic N) is 2. The van der Waals surface area contributed by atoms with Gasteiger partial charge in [0.25, 0.3) is 5.91 Å². The molecule has 6 heteroatoms. The van der Waals surface area contributed by atoms with E-state index in [0.29, 0.717) is 5.13 Å². The van der Waals surface area contributed by atoms with Crippen LogP contribution in [0.25, 0.3) is 17.3 Å². The van der Waals surface area contributed by atoms with E-state index in [0.717, 1.165) is 22.6 Å². The maximum absolute atomic E-state index is 12.3. The largest absolute Gasteiger partial charge is 0.297 e. The summed E-state index contributed by atoms with van der Waals surface area (Å²) in [6.07, 6.45) is 2.57. The molecule has 0 aliphatic heterocycles. The Morgan fingerprint density at radius 2 is 2.08 bits per heavy atom. The van der Waals surface area contributed by atoms with Crippen molar-refractivity contribution in [3.05, 3.63) is 63.2 Å². The lowest BCUT2D eigenvalue weighted by molar-refractivity contribution is -0.112. The van der Waals surface area contributed by atoms with Crippen molar-refractivity contribution in [1.82, 2.24) is 4.98 Å². The Bertz CT molecular complexity index is 932. The first kappa shape index (κ1) is 17.1. The molecule has 0 bridgehead atoms. The molecule has 0 radical (unpaired) electrons. The van der Waals surface area contributed by atoms with Gasteiger partial charge in [0.2, 0.25) is 0 Å². The number of carbonyl (C=O) groups is 1. The second-order valence-electron chi connectivity index (χ2n) is 5.23. The molecule has 1 amide bonds. The monoisotopic (exact) mass is 365 g/mol. The maximum Gasteiger partial charge on any atom is 0.268 e. The summed E-state index contributed by atoms with van der Waals surface area (Å²) in [7, 11) is 0. The molecule has 2 heterocycles. The molecule has 1 N–H and O–H groups in total. The van der Waals surface area contributed by atoms with E-state index in [1.807, 2.05) is 41.1 Å². The summed E-state index contributed by atoms with van der Waals surface area (Å²) in [5.41, 5.74) is 3.14. The molecule has 0 unspecified atom stereocenters. The number of thiazole rings is 1. The van der Waals surface area contributed by atoms with Gasteiger partial charge in [-0.15, -0.1) is 22.7 Å². The van der Waals surface area contributed by atoms with Crippen molar-refractivity contribution < 1.29 is 4.79 Å². The Kier molecular flexibility index (Phi) is 5.39. The quantitative estimate of drug-likeness (QED) is 0.512. The molecule has 25 heavy (non-hydrogen) atoms. The molecule has 0 aliphatic rings. The molecule has 2 aromatic heterocycles. The van der Waals surface area contributed by atoms with Crippen LogP contribution in [0, 0.1) is 11.3 Å². The third-order valence-electron chi connectivity index (χ3n) is 3.58. The number of hydrogen-bond donors (Lipinski definition) is 1. The van der Waals surface area contributed by atoms with Crippen molar-refractivity contribution in [3.63, 3.8) is 0 Å². The van der Waals surface area contributed by atoms with Crippen LogP contribution in [-0.4, -0.2) is 10.9 Å². The van der Waals surface area contributed by atoms with Gasteiger partial charge in [-0.3, -0.25) is 10.1 Å². The number of aromatic nitrogens is 1. The highest BCUT2D eigenvalue weighted by Crippen LogP contribution is 2.25. The highest BCUT2D eigenvalue weighted by Gasteiger charge is 2.12. The average Bonchev–Trinajstić information content (AvgIpc) is 3.31. The van der Waals surface area contributed by atoms with Crippen LogP contribution in [0.1, 0.15) is 17.4 Å². The van der Waals surface area contributed by atoms with Crippen LogP contribution in [0.4, 0.5) is 5.13 Å². The zero-order valence-electron chi connectivity index (χ0n) is 13.5. The fourth-order valence-corrected chi connectivity index (χ4v) is 3.58. The number of amides is 1. The number of nitriles is 1. The number of anilines is 1. The Labute approximate surface area is 154 Å². The van der Waals surface area contributed by atoms with E-state index in [1.165, 1.54) is 28.2 Å². The van der Waals surface area contributed by atoms with E-state index in [2.05, 4.69) is 29.4 Å². The lowest BCUT2D eigenvalue weighted by atomic mass is 10.1. The third kappa shape index (κ3) is 4.21. The molecule has 4 nitrogen and oxygen atoms in total. The second kappa shape index (κ2) is 7.88. The van der Waals surface area contributed by atoms with Gasteiger partial charge in [-0.1, -0.05) is 37.3 Å². The molecule has 0 spiro atoms. The van der Waals surface area contributed by atoms with Crippen molar-refractivity contribution in [2.75, 3.05) is 5.32 Å². The van der Waals surface area contributed by atoms with Crippen molar-refractivity contribution in [2.45, 2.75) is 13.3 Å². The van der Waals surface area contributed by atoms with Gasteiger partial charge in [-0.05, 0) is 29.5 Å². The van der Waals surface area contributed by atoms with E-state index in [4.69, 9.17) is 0 Å². The Hall–Kier alpha value is -2.75. The highest BCUT2D eigenvalue weighted by atomic mass is 32.1. The minimum Gasteiger partial charge on any atom is -0.297 e. The molecule has 0 saturated heterocycles. The fourth-order valence-electron chi connectivity index (χ4n) is 2.20. The van der Waals surface area contributed by atoms with Gasteiger partial charge in [0, 0.05) is 15.8 Å². The van der Waals surface area contributed by atoms with Crippen LogP contribution in [0.15, 0.2) is 52.7 Å². The minimum absolute atomic E-state index is 0.0616. The van der Waals surface area contributed by atoms with Crippen LogP contribution in [0.2, 0.25) is 0 Å². The lowest BCUT2D eigenvalue weighted by Crippen LogP contribution is -2.13. The number of thiophene rings is 1. The third-order valence-corrected chi connectivity index (χ3v) is 5.15. The maximum atomic E-state index is 12.3. The summed E-state index contributed by atoms with van der Waals surface area (Å²) < 4.78 is 0. The van der Waals surface area contributed by atoms with Crippen LogP contribution in [-0.2, 0) is 11.2 Å². The first-order valence-electron chi connectivity index (χ1n) is 7.71. The molecule has 1 aromatic carbocycles. The van der Waals surface area contributed by atoms with Gasteiger partial charge in [0.05, 0.1) is 5.69 Å². The van der Waals surface area contributed by atoms with Gasteiger partial charge in [-0.2, -0.15) is 5.26 Å². The van der Waals surface area contributed by atoms with Crippen LogP contribution < -0.4 is 5.32 Å². The molecule has 0 atom stereocenters. The normalized spacial score (nSPS) is 11.1. The average molecular weight is 365 g/mol. The predicted octanol–water partition coefficient (Wildman–Crippen LogP) is 4.98. The topological polar surface area (TPSA) is 65.8 Å². The fraction of sp³-hybridized carbons (Fsp3) is 0.105. The Balaban J connectivity index is 1.74. The van der Waals surface area contributed by atoms with Crippen molar-refractivity contribution in [2.24, 2.45) is 0 Å². The van der Waals surface area contributed by atoms with E-state index in [1.54, 1.807) is 6.08 Å². The van der Waals surface area contributed by atoms with Crippen LogP contribution in [0.3, 0.4) is 0 Å². The number of aryl methyl sites for hydroxylation is 1. The van der Waals surface area contributed by atoms with Gasteiger partial charge in [0.1, 0.15) is 11.6 Å². The summed E-state index contributed by atoms with van der Waals surface area (Å²) in [6.45, 7) is 2.11. The van der Waals surface area contributed by atoms with Gasteiger partial charge < -0.3 is 0 Å². The van der Waals surface area contributed by atoms with E-state index in [-0.39, 0.29) is 5.57 Å². The van der Waals surface area contributed by atoms with Crippen molar-refractivity contribution in [1.29, 1.82) is 5.26 Å². The highest BCUT2D eigenvalue weighted by molar-refractivity contribution is 7.14. The predicted molar refractivity (Wildman–Crippen MR) is 103 cm³/mol. The number of benzene rings is 1. The van der Waals surface area contributed by atoms with E-state index >= 15 is 0 Å². The molecule has 0 saturated carbocycles. The standard InChI is InChI=1S/C19H15N3OS2/c1-2-13-5-7-14(8-6-13)17-12-25-19(21-17)22-18(23)15(11-20)10-16-4-3-9-24-16/h3-10,12H,2H2,1H3,(H,21,22,23)/b15-10+. The van der Waals surface area contributed by atoms with Gasteiger partial charge in [-0.25, -0.2) is 4.98 Å². The smallest absolute Gasteiger partial charge is 0.268 e. The number of rotatable bonds is 5. The lowest BCUT2D eigenvalue weighted by Gasteiger charge is -2.00. The van der Waals surface area contributed by atoms with Crippen molar-refractivity contribution >= 4 is 39.8 Å². The minimum atomic E-state index is -0.446. The number of carbonyl (C=O) groups excluding carboxylic acids is 1. The molecular formula is C19H15N3OS2. The molecule has 0 aliphatic carbocycles. The summed E-state index contributed by atoms with van der Waals surface area (Å²) in [4.78, 5) is 17.6. The number of nitrogens with one attached hydrogen (secondary N) is 1. The molecule has 3 rings (SSSR count). The van der Waals surface area contributed by atoms with E-state index in [9.17, 15) is 10.1 Å². The molecule has 3 aromatic rings. The zero-order valence-corrected chi connectivity index (χ0v) is 15.2. The summed E-state index contributed by atoms with van der Waals surface area (Å²) in [6, 6.07) is 13.9. The van der Waals surface area contributed by atoms with Crippen LogP contribution >= 0.6 is 22.7 Å². The summed E-state index contributed by atoms with van der Waals surface area (Å²) in [5, 5.41) is 16.2. The first-order valence-corrected chi connectivity index (χ1v) is 9.47. The Morgan fingerprint density at radius 1 is 1.28 bits per heavy atom. The first-order chi connectivity index (χ1) is 12.2. The zero-order chi connectivity index (χ0) is 17.6. The van der Waals surface area contributed by atoms with Crippen LogP contribution in [0.5, 0.6) is 0 Å². The molecule has 124 valence electrons. The van der Waals surface area contributed by atoms with Gasteiger partial charge >= 0.3 is 0 Å². The Morgan fingerprint density at radius 3 is 2.72 bits per heavy atom. The summed E-state index contributed by atoms with van der Waals surface area (Å²) >= 11 is 2.82.